The third kappa shape index (κ3) is 26.7. The Kier molecular flexibility index (Phi) is 31.8. The largest absolute Gasteiger partial charge is 0.458 e. The van der Waals surface area contributed by atoms with Crippen molar-refractivity contribution in [2.45, 2.75) is 167 Å². The number of carbonyl (C=O) groups is 2. The number of amides is 2. The highest BCUT2D eigenvalue weighted by Gasteiger charge is 2.25. The molecule has 2 fully saturated rings. The topological polar surface area (TPSA) is 117 Å². The number of quaternary nitrogens is 2. The molecule has 0 unspecified atom stereocenters. The first-order chi connectivity index (χ1) is 49.3. The summed E-state index contributed by atoms with van der Waals surface area (Å²) in [4.78, 5) is 30.5. The molecule has 0 bridgehead atoms. The molecule has 10 rings (SSSR count). The molecule has 538 valence electrons. The maximum absolute atomic E-state index is 12.8. The summed E-state index contributed by atoms with van der Waals surface area (Å²) in [6, 6.07) is 70.9. The Labute approximate surface area is 606 Å². The number of unbranched alkanes of at least 4 members (excludes halogenated alkanes) is 12. The lowest BCUT2D eigenvalue weighted by molar-refractivity contribution is -0.904. The van der Waals surface area contributed by atoms with E-state index in [4.69, 9.17) is 13.9 Å². The van der Waals surface area contributed by atoms with Crippen LogP contribution in [0.25, 0.3) is 33.4 Å². The third-order valence-electron chi connectivity index (χ3n) is 20.4. The van der Waals surface area contributed by atoms with Crippen LogP contribution in [-0.2, 0) is 29.0 Å². The summed E-state index contributed by atoms with van der Waals surface area (Å²) in [6.45, 7) is 13.0. The highest BCUT2D eigenvalue weighted by molar-refractivity contribution is 5.98. The summed E-state index contributed by atoms with van der Waals surface area (Å²) in [5, 5.41) is 15.1. The molecule has 8 aromatic rings. The molecule has 3 heterocycles. The molecule has 0 atom stereocenters. The smallest absolute Gasteiger partial charge is 0.411 e. The Balaban J connectivity index is 0.000000249. The van der Waals surface area contributed by atoms with E-state index in [0.717, 1.165) is 139 Å². The minimum absolute atomic E-state index is 0.0204. The average molecular weight is 1370 g/mol. The van der Waals surface area contributed by atoms with Gasteiger partial charge in [0.15, 0.2) is 5.76 Å². The van der Waals surface area contributed by atoms with E-state index in [1.165, 1.54) is 143 Å². The molecule has 101 heavy (non-hydrogen) atoms. The Morgan fingerprint density at radius 2 is 0.822 bits per heavy atom. The third-order valence-corrected chi connectivity index (χ3v) is 20.4. The van der Waals surface area contributed by atoms with Crippen LogP contribution in [0.15, 0.2) is 211 Å². The second kappa shape index (κ2) is 41.7. The molecule has 1 aromatic heterocycles. The fraction of sp³-hybridized carbons (Fsp3) is 0.438. The van der Waals surface area contributed by atoms with Gasteiger partial charge in [-0.3, -0.25) is 10.6 Å². The van der Waals surface area contributed by atoms with Crippen molar-refractivity contribution in [2.24, 2.45) is 0 Å². The summed E-state index contributed by atoms with van der Waals surface area (Å²) in [5.74, 6) is 1.59. The Bertz CT molecular complexity index is 3670. The van der Waals surface area contributed by atoms with Crippen molar-refractivity contribution in [1.29, 1.82) is 0 Å². The van der Waals surface area contributed by atoms with Crippen molar-refractivity contribution >= 4 is 34.7 Å². The first-order valence-electron chi connectivity index (χ1n) is 38.2. The molecular formula is C89H118N6O6+2. The summed E-state index contributed by atoms with van der Waals surface area (Å²) >= 11 is 0. The monoisotopic (exact) mass is 1370 g/mol. The van der Waals surface area contributed by atoms with Crippen LogP contribution in [0, 0.1) is 0 Å². The van der Waals surface area contributed by atoms with E-state index in [2.05, 4.69) is 153 Å². The number of benzene rings is 7. The van der Waals surface area contributed by atoms with Gasteiger partial charge in [-0.05, 0) is 159 Å². The number of nitrogens with zero attached hydrogens (tertiary/aromatic N) is 4. The van der Waals surface area contributed by atoms with Gasteiger partial charge in [-0.1, -0.05) is 240 Å². The Morgan fingerprint density at radius 3 is 1.28 bits per heavy atom. The summed E-state index contributed by atoms with van der Waals surface area (Å²) < 4.78 is 19.3. The fourth-order valence-corrected chi connectivity index (χ4v) is 14.6. The molecule has 0 radical (unpaired) electrons. The maximum atomic E-state index is 12.8. The molecule has 2 aliphatic heterocycles. The van der Waals surface area contributed by atoms with Gasteiger partial charge in [-0.25, -0.2) is 9.59 Å². The van der Waals surface area contributed by atoms with Gasteiger partial charge in [0.25, 0.3) is 0 Å². The lowest BCUT2D eigenvalue weighted by atomic mass is 9.88. The second-order valence-electron chi connectivity index (χ2n) is 29.4. The molecule has 2 aliphatic rings. The number of furan rings is 1. The van der Waals surface area contributed by atoms with Gasteiger partial charge < -0.3 is 37.8 Å². The quantitative estimate of drug-likeness (QED) is 0.0200. The first kappa shape index (κ1) is 77.1. The summed E-state index contributed by atoms with van der Waals surface area (Å²) in [5.41, 5.74) is 13.7. The van der Waals surface area contributed by atoms with Crippen LogP contribution in [0.3, 0.4) is 0 Å². The van der Waals surface area contributed by atoms with Crippen molar-refractivity contribution < 1.29 is 37.6 Å². The number of nitrogens with one attached hydrogen (secondary N) is 2. The number of anilines is 2. The zero-order chi connectivity index (χ0) is 70.8. The number of para-hydroxylation sites is 2. The number of allylic oxidation sites excluding steroid dienone is 1. The summed E-state index contributed by atoms with van der Waals surface area (Å²) in [6.07, 6.45) is 24.3. The van der Waals surface area contributed by atoms with Gasteiger partial charge in [0.2, 0.25) is 0 Å². The lowest BCUT2D eigenvalue weighted by Gasteiger charge is -2.31. The van der Waals surface area contributed by atoms with E-state index in [-0.39, 0.29) is 31.0 Å². The standard InChI is InChI=1S/C54H67N3O2.C35H49N3O4/c1-4-50(45-25-13-10-14-26-45)53(47-29-17-12-18-30-47)48-35-33-44(34-36-48)24-23-43-57(2,3)42-22-9-7-5-6-8-21-39-56-40-37-49(38-41-56)59-54(58)55-52-32-20-19-31-51(52)46-27-15-11-16-28-46;1-38(2,27-31-19-20-32(28-39)41-31)26-14-7-5-3-4-6-13-23-37-24-21-30(22-25-37)42-35(40)36-34-18-12-11-17-33(34)29-15-9-8-10-16-29/h10-20,25-36,49H,4-9,21-24,37-43H2,1-3H3;8-12,15-20,30,39H,3-7,13-14,21-28H2,1-2H3/p+2/b53-50-;. The van der Waals surface area contributed by atoms with Gasteiger partial charge in [0, 0.05) is 43.7 Å². The zero-order valence-electron chi connectivity index (χ0n) is 61.7. The number of aliphatic hydroxyl groups excluding tert-OH is 1. The Morgan fingerprint density at radius 1 is 0.436 bits per heavy atom. The van der Waals surface area contributed by atoms with Gasteiger partial charge in [-0.2, -0.15) is 0 Å². The maximum Gasteiger partial charge on any atom is 0.411 e. The van der Waals surface area contributed by atoms with Crippen molar-refractivity contribution in [1.82, 2.24) is 9.80 Å². The normalized spacial score (nSPS) is 14.4. The van der Waals surface area contributed by atoms with E-state index >= 15 is 0 Å². The molecular weight excluding hydrogens is 1250 g/mol. The van der Waals surface area contributed by atoms with Crippen molar-refractivity contribution in [2.75, 3.05) is 97.7 Å². The van der Waals surface area contributed by atoms with Crippen molar-refractivity contribution in [3.05, 3.63) is 240 Å². The van der Waals surface area contributed by atoms with Crippen molar-refractivity contribution in [3.8, 4) is 22.3 Å². The molecule has 3 N–H and O–H groups in total. The number of likely N-dealkylation sites (tertiary alicyclic amines) is 2. The van der Waals surface area contributed by atoms with Gasteiger partial charge in [0.1, 0.15) is 31.1 Å². The minimum Gasteiger partial charge on any atom is -0.458 e. The number of aryl methyl sites for hydroxylation is 1. The predicted molar refractivity (Wildman–Crippen MR) is 419 cm³/mol. The Hall–Kier alpha value is -8.10. The van der Waals surface area contributed by atoms with E-state index in [1.807, 2.05) is 109 Å². The molecule has 2 saturated heterocycles. The number of rotatable bonds is 37. The van der Waals surface area contributed by atoms with Gasteiger partial charge in [-0.15, -0.1) is 0 Å². The number of hydrogen-bond donors (Lipinski definition) is 3. The van der Waals surface area contributed by atoms with Gasteiger partial charge in [0.05, 0.1) is 59.2 Å². The molecule has 0 aliphatic carbocycles. The summed E-state index contributed by atoms with van der Waals surface area (Å²) in [7, 11) is 9.31. The fourth-order valence-electron chi connectivity index (χ4n) is 14.6. The number of carbonyl (C=O) groups excluding carboxylic acids is 2. The minimum atomic E-state index is -0.367. The van der Waals surface area contributed by atoms with Crippen LogP contribution in [0.4, 0.5) is 21.0 Å². The van der Waals surface area contributed by atoms with Crippen LogP contribution >= 0.6 is 0 Å². The number of hydrogen-bond acceptors (Lipinski definition) is 8. The molecule has 12 heteroatoms. The van der Waals surface area contributed by atoms with Crippen LogP contribution in [0.2, 0.25) is 0 Å². The molecule has 0 spiro atoms. The molecule has 2 amide bonds. The average Bonchev–Trinajstić information content (AvgIpc) is 1.04. The highest BCUT2D eigenvalue weighted by atomic mass is 16.6. The highest BCUT2D eigenvalue weighted by Crippen LogP contribution is 2.36. The van der Waals surface area contributed by atoms with Crippen molar-refractivity contribution in [3.63, 3.8) is 0 Å². The predicted octanol–water partition coefficient (Wildman–Crippen LogP) is 20.6. The molecule has 12 nitrogen and oxygen atoms in total. The van der Waals surface area contributed by atoms with Crippen LogP contribution in [0.5, 0.6) is 0 Å². The zero-order valence-corrected chi connectivity index (χ0v) is 61.7. The van der Waals surface area contributed by atoms with E-state index in [0.29, 0.717) is 5.76 Å². The number of aliphatic hydroxyl groups is 1. The first-order valence-corrected chi connectivity index (χ1v) is 38.2. The van der Waals surface area contributed by atoms with E-state index < -0.39 is 0 Å². The van der Waals surface area contributed by atoms with Gasteiger partial charge >= 0.3 is 12.2 Å². The van der Waals surface area contributed by atoms with E-state index in [9.17, 15) is 14.7 Å². The van der Waals surface area contributed by atoms with E-state index in [1.54, 1.807) is 0 Å². The van der Waals surface area contributed by atoms with Crippen LogP contribution in [0.1, 0.15) is 169 Å². The van der Waals surface area contributed by atoms with Crippen LogP contribution in [-0.4, -0.2) is 135 Å². The van der Waals surface area contributed by atoms with Crippen LogP contribution < -0.4 is 10.6 Å². The molecule has 0 saturated carbocycles. The number of ether oxygens (including phenoxy) is 2. The lowest BCUT2D eigenvalue weighted by Crippen LogP contribution is -2.41. The molecule has 7 aromatic carbocycles. The number of piperidine rings is 2. The SMILES string of the molecule is CC/C(=C(\c1ccccc1)c1ccc(CCC[N+](C)(C)CCCCCCCCCN2CCC(OC(=O)Nc3ccccc3-c3ccccc3)CC2)cc1)c1ccccc1.C[N+](C)(CCCCCCCCCN1CCC(OC(=O)Nc2ccccc2-c2ccccc2)CC1)Cc1ccc(CO)o1. The second-order valence-corrected chi connectivity index (χ2v) is 29.4.